The SMILES string of the molecule is COc1ccc([Si](C)(C)[C@H]2[C@H](CC(=O)N3CCC[C@H]3CO)O[C@@]3(C(=O)N(Cc4ccc(N5CN(c6ccccc6)C6(CCNCC6)C5=O)cc4)c4ccc(Cl)cc43)[C@@H]2C)cc1. The Hall–Kier alpha value is -4.72. The third kappa shape index (κ3) is 6.86. The fraction of sp³-hybridized carbons (Fsp3) is 0.438. The van der Waals surface area contributed by atoms with Crippen LogP contribution in [0, 0.1) is 5.92 Å². The van der Waals surface area contributed by atoms with Crippen molar-refractivity contribution in [2.75, 3.05) is 54.7 Å². The molecule has 9 rings (SSSR count). The summed E-state index contributed by atoms with van der Waals surface area (Å²) in [5.41, 5.74) is 2.10. The maximum absolute atomic E-state index is 15.4. The van der Waals surface area contributed by atoms with Gasteiger partial charge in [-0.1, -0.05) is 79.3 Å². The van der Waals surface area contributed by atoms with E-state index < -0.39 is 25.3 Å². The molecule has 2 spiro atoms. The lowest BCUT2D eigenvalue weighted by atomic mass is 9.82. The van der Waals surface area contributed by atoms with Gasteiger partial charge in [-0.05, 0) is 104 Å². The molecule has 5 atom stereocenters. The number of methoxy groups -OCH3 is 1. The van der Waals surface area contributed by atoms with Crippen LogP contribution in [0.1, 0.15) is 50.2 Å². The van der Waals surface area contributed by atoms with Gasteiger partial charge in [0.2, 0.25) is 5.91 Å². The van der Waals surface area contributed by atoms with E-state index in [-0.39, 0.29) is 54.8 Å². The average molecular weight is 863 g/mol. The van der Waals surface area contributed by atoms with Gasteiger partial charge in [0.25, 0.3) is 11.8 Å². The quantitative estimate of drug-likeness (QED) is 0.176. The van der Waals surface area contributed by atoms with Crippen LogP contribution in [0.15, 0.2) is 97.1 Å². The molecule has 4 aromatic carbocycles. The molecule has 3 amide bonds. The number of anilines is 3. The Balaban J connectivity index is 1.03. The lowest BCUT2D eigenvalue weighted by molar-refractivity contribution is -0.150. The topological polar surface area (TPSA) is 115 Å². The molecule has 2 N–H and O–H groups in total. The maximum atomic E-state index is 15.4. The molecule has 0 aromatic heterocycles. The van der Waals surface area contributed by atoms with E-state index in [4.69, 9.17) is 21.1 Å². The molecule has 13 heteroatoms. The van der Waals surface area contributed by atoms with E-state index >= 15 is 4.79 Å². The summed E-state index contributed by atoms with van der Waals surface area (Å²) in [5, 5.41) is 15.2. The average Bonchev–Trinajstić information content (AvgIpc) is 4.01. The van der Waals surface area contributed by atoms with Crippen molar-refractivity contribution in [3.05, 3.63) is 113 Å². The molecule has 4 fully saturated rings. The third-order valence-electron chi connectivity index (χ3n) is 14.6. The number of benzene rings is 4. The summed E-state index contributed by atoms with van der Waals surface area (Å²) in [6.07, 6.45) is 2.63. The molecule has 5 heterocycles. The van der Waals surface area contributed by atoms with Gasteiger partial charge in [0, 0.05) is 34.4 Å². The largest absolute Gasteiger partial charge is 0.497 e. The van der Waals surface area contributed by atoms with Crippen molar-refractivity contribution in [3.63, 3.8) is 0 Å². The van der Waals surface area contributed by atoms with Gasteiger partial charge in [-0.15, -0.1) is 0 Å². The Labute approximate surface area is 364 Å². The summed E-state index contributed by atoms with van der Waals surface area (Å²) in [6, 6.07) is 31.7. The Kier molecular flexibility index (Phi) is 11.0. The van der Waals surface area contributed by atoms with Gasteiger partial charge >= 0.3 is 0 Å². The number of aliphatic hydroxyl groups is 1. The number of nitrogens with one attached hydrogen (secondary N) is 1. The number of fused-ring (bicyclic) bond motifs is 2. The highest BCUT2D eigenvalue weighted by molar-refractivity contribution is 6.91. The van der Waals surface area contributed by atoms with Crippen LogP contribution >= 0.6 is 11.6 Å². The molecule has 4 saturated heterocycles. The molecule has 11 nitrogen and oxygen atoms in total. The Bertz CT molecular complexity index is 2290. The number of nitrogens with zero attached hydrogens (tertiary/aromatic N) is 4. The zero-order valence-corrected chi connectivity index (χ0v) is 37.2. The molecule has 0 aliphatic carbocycles. The van der Waals surface area contributed by atoms with Crippen LogP contribution in [0.25, 0.3) is 0 Å². The smallest absolute Gasteiger partial charge is 0.264 e. The van der Waals surface area contributed by atoms with Crippen LogP contribution in [0.4, 0.5) is 17.1 Å². The molecule has 0 unspecified atom stereocenters. The van der Waals surface area contributed by atoms with Crippen molar-refractivity contribution >= 4 is 59.6 Å². The van der Waals surface area contributed by atoms with Crippen LogP contribution in [0.5, 0.6) is 5.75 Å². The molecular weight excluding hydrogens is 806 g/mol. The minimum Gasteiger partial charge on any atom is -0.497 e. The van der Waals surface area contributed by atoms with Gasteiger partial charge in [-0.3, -0.25) is 19.3 Å². The molecule has 4 aromatic rings. The minimum absolute atomic E-state index is 0.0570. The maximum Gasteiger partial charge on any atom is 0.264 e. The summed E-state index contributed by atoms with van der Waals surface area (Å²) in [4.78, 5) is 51.7. The van der Waals surface area contributed by atoms with Gasteiger partial charge in [0.1, 0.15) is 11.3 Å². The van der Waals surface area contributed by atoms with Crippen molar-refractivity contribution in [1.82, 2.24) is 10.2 Å². The second-order valence-electron chi connectivity index (χ2n) is 18.1. The van der Waals surface area contributed by atoms with Crippen LogP contribution in [0.2, 0.25) is 23.7 Å². The third-order valence-corrected chi connectivity index (χ3v) is 19.2. The molecule has 5 aliphatic rings. The van der Waals surface area contributed by atoms with Crippen molar-refractivity contribution in [1.29, 1.82) is 0 Å². The number of ether oxygens (including phenoxy) is 2. The van der Waals surface area contributed by atoms with Crippen molar-refractivity contribution < 1.29 is 29.0 Å². The Morgan fingerprint density at radius 3 is 2.36 bits per heavy atom. The number of carbonyl (C=O) groups excluding carboxylic acids is 3. The number of hydrogen-bond donors (Lipinski definition) is 2. The Morgan fingerprint density at radius 1 is 0.951 bits per heavy atom. The standard InChI is InChI=1S/C48H56ClN5O6Si/c1-32-44(61(3,4)39-19-17-38(59-2)18-20-39)42(28-43(56)51-26-8-11-37(51)30-55)60-48(32)40-27-34(49)14-21-41(40)52(46(48)58)29-33-12-15-35(16-13-33)53-31-54(36-9-6-5-7-10-36)47(45(53)57)22-24-50-25-23-47/h5-7,9-10,12-21,27,32,37,42,44,50,55H,8,11,22-26,28-31H2,1-4H3/t32-,37+,42+,44-,48+/m1/s1. The summed E-state index contributed by atoms with van der Waals surface area (Å²) >= 11 is 6.76. The monoisotopic (exact) mass is 861 g/mol. The number of piperidine rings is 1. The first kappa shape index (κ1) is 41.6. The van der Waals surface area contributed by atoms with Gasteiger partial charge < -0.3 is 34.6 Å². The fourth-order valence-corrected chi connectivity index (χ4v) is 15.6. The number of likely N-dealkylation sites (tertiary alicyclic amines) is 1. The Morgan fingerprint density at radius 2 is 1.67 bits per heavy atom. The van der Waals surface area contributed by atoms with E-state index in [9.17, 15) is 14.7 Å². The fourth-order valence-electron chi connectivity index (χ4n) is 11.4. The predicted molar refractivity (Wildman–Crippen MR) is 241 cm³/mol. The van der Waals surface area contributed by atoms with E-state index in [0.29, 0.717) is 18.2 Å². The molecule has 0 radical (unpaired) electrons. The zero-order chi connectivity index (χ0) is 42.7. The van der Waals surface area contributed by atoms with E-state index in [2.05, 4.69) is 54.5 Å². The minimum atomic E-state index is -2.50. The van der Waals surface area contributed by atoms with Gasteiger partial charge in [0.05, 0.1) is 59.3 Å². The number of carbonyl (C=O) groups is 3. The first-order valence-electron chi connectivity index (χ1n) is 21.7. The second-order valence-corrected chi connectivity index (χ2v) is 23.2. The molecular formula is C48H56ClN5O6Si. The van der Waals surface area contributed by atoms with Gasteiger partial charge in [-0.2, -0.15) is 0 Å². The first-order chi connectivity index (χ1) is 29.4. The van der Waals surface area contributed by atoms with Crippen LogP contribution < -0.4 is 29.9 Å². The van der Waals surface area contributed by atoms with Crippen LogP contribution in [-0.4, -0.2) is 93.5 Å². The van der Waals surface area contributed by atoms with E-state index in [1.165, 1.54) is 5.19 Å². The van der Waals surface area contributed by atoms with E-state index in [0.717, 1.165) is 72.7 Å². The summed E-state index contributed by atoms with van der Waals surface area (Å²) in [5.74, 6) is 0.339. The first-order valence-corrected chi connectivity index (χ1v) is 25.2. The lowest BCUT2D eigenvalue weighted by Gasteiger charge is -2.39. The highest BCUT2D eigenvalue weighted by Gasteiger charge is 2.66. The van der Waals surface area contributed by atoms with Crippen LogP contribution in [-0.2, 0) is 31.3 Å². The normalized spacial score (nSPS) is 25.9. The lowest BCUT2D eigenvalue weighted by Crippen LogP contribution is -2.55. The summed E-state index contributed by atoms with van der Waals surface area (Å²) in [6.45, 7) is 9.54. The van der Waals surface area contributed by atoms with E-state index in [1.54, 1.807) is 12.0 Å². The number of para-hydroxylation sites is 1. The highest BCUT2D eigenvalue weighted by atomic mass is 35.5. The summed E-state index contributed by atoms with van der Waals surface area (Å²) < 4.78 is 12.7. The van der Waals surface area contributed by atoms with Gasteiger partial charge in [-0.25, -0.2) is 0 Å². The molecule has 61 heavy (non-hydrogen) atoms. The van der Waals surface area contributed by atoms with Crippen molar-refractivity contribution in [2.24, 2.45) is 5.92 Å². The molecule has 320 valence electrons. The number of amides is 3. The number of aliphatic hydroxyl groups excluding tert-OH is 1. The van der Waals surface area contributed by atoms with Crippen molar-refractivity contribution in [3.8, 4) is 5.75 Å². The van der Waals surface area contributed by atoms with Crippen molar-refractivity contribution in [2.45, 2.75) is 87.5 Å². The number of hydrogen-bond acceptors (Lipinski definition) is 8. The van der Waals surface area contributed by atoms with Crippen LogP contribution in [0.3, 0.4) is 0 Å². The molecule has 0 saturated carbocycles. The molecule has 0 bridgehead atoms. The number of halogens is 1. The summed E-state index contributed by atoms with van der Waals surface area (Å²) in [7, 11) is -0.851. The second kappa shape index (κ2) is 16.2. The highest BCUT2D eigenvalue weighted by Crippen LogP contribution is 2.60. The zero-order valence-electron chi connectivity index (χ0n) is 35.5. The number of rotatable bonds is 10. The van der Waals surface area contributed by atoms with Gasteiger partial charge in [0.15, 0.2) is 5.60 Å². The van der Waals surface area contributed by atoms with E-state index in [1.807, 2.05) is 82.6 Å². The molecule has 5 aliphatic heterocycles. The predicted octanol–water partition coefficient (Wildman–Crippen LogP) is 6.42.